The van der Waals surface area contributed by atoms with Gasteiger partial charge in [-0.15, -0.1) is 10.0 Å². The molecule has 6 heteroatoms. The second-order valence-electron chi connectivity index (χ2n) is 1.99. The number of nitrogens with one attached hydrogen (secondary N) is 1. The Morgan fingerprint density at radius 1 is 1.58 bits per heavy atom. The van der Waals surface area contributed by atoms with Crippen LogP contribution in [-0.2, 0) is 20.6 Å². The summed E-state index contributed by atoms with van der Waals surface area (Å²) in [4.78, 5) is 7.63. The molecule has 1 unspecified atom stereocenters. The van der Waals surface area contributed by atoms with E-state index in [4.69, 9.17) is 9.57 Å². The van der Waals surface area contributed by atoms with Crippen LogP contribution in [0.4, 0.5) is 0 Å². The summed E-state index contributed by atoms with van der Waals surface area (Å²) in [6.45, 7) is 4.71. The van der Waals surface area contributed by atoms with E-state index in [1.54, 1.807) is 0 Å². The van der Waals surface area contributed by atoms with Crippen molar-refractivity contribution >= 4 is 11.0 Å². The molecule has 1 atom stereocenters. The molecule has 0 fully saturated rings. The Hall–Kier alpha value is -0.590. The average molecular weight is 192 g/mol. The fraction of sp³-hybridized carbons (Fsp3) is 0.667. The van der Waals surface area contributed by atoms with Gasteiger partial charge >= 0.3 is 0 Å². The molecule has 70 valence electrons. The lowest BCUT2D eigenvalue weighted by molar-refractivity contribution is -0.174. The van der Waals surface area contributed by atoms with Gasteiger partial charge < -0.3 is 4.74 Å². The number of hydrazine groups is 1. The van der Waals surface area contributed by atoms with E-state index in [0.29, 0.717) is 19.1 Å². The molecule has 0 amide bonds. The second-order valence-corrected chi connectivity index (χ2v) is 3.00. The maximum absolute atomic E-state index is 10.9. The molecule has 0 aromatic heterocycles. The summed E-state index contributed by atoms with van der Waals surface area (Å²) in [5.74, 6) is 0.456. The molecular formula is C6H12N2O3S. The fourth-order valence-corrected chi connectivity index (χ4v) is 1.46. The second kappa shape index (κ2) is 4.44. The van der Waals surface area contributed by atoms with Crippen LogP contribution in [0.5, 0.6) is 0 Å². The van der Waals surface area contributed by atoms with Crippen molar-refractivity contribution in [3.63, 3.8) is 0 Å². The molecule has 0 aromatic rings. The van der Waals surface area contributed by atoms with Crippen LogP contribution in [0.1, 0.15) is 13.8 Å². The summed E-state index contributed by atoms with van der Waals surface area (Å²) in [7, 11) is -1.22. The Kier molecular flexibility index (Phi) is 3.51. The quantitative estimate of drug-likeness (QED) is 0.694. The van der Waals surface area contributed by atoms with Crippen molar-refractivity contribution in [1.82, 2.24) is 10.0 Å². The zero-order chi connectivity index (χ0) is 8.97. The number of ether oxygens (including phenoxy) is 1. The van der Waals surface area contributed by atoms with Crippen molar-refractivity contribution in [2.24, 2.45) is 0 Å². The van der Waals surface area contributed by atoms with E-state index in [1.165, 1.54) is 10.6 Å². The highest BCUT2D eigenvalue weighted by Gasteiger charge is 2.21. The third-order valence-corrected chi connectivity index (χ3v) is 1.89. The number of hydroxylamine groups is 1. The molecule has 1 N–H and O–H groups in total. The lowest BCUT2D eigenvalue weighted by Crippen LogP contribution is -2.33. The zero-order valence-corrected chi connectivity index (χ0v) is 7.89. The van der Waals surface area contributed by atoms with Crippen LogP contribution in [0.2, 0.25) is 0 Å². The highest BCUT2D eigenvalue weighted by atomic mass is 32.2. The highest BCUT2D eigenvalue weighted by Crippen LogP contribution is 2.11. The Morgan fingerprint density at radius 3 is 2.92 bits per heavy atom. The first kappa shape index (κ1) is 9.50. The summed E-state index contributed by atoms with van der Waals surface area (Å²) in [5.41, 5.74) is 0. The average Bonchev–Trinajstić information content (AvgIpc) is 2.33. The summed E-state index contributed by atoms with van der Waals surface area (Å²) in [6.07, 6.45) is 0. The van der Waals surface area contributed by atoms with Gasteiger partial charge in [0.15, 0.2) is 0 Å². The maximum Gasteiger partial charge on any atom is 0.241 e. The predicted molar refractivity (Wildman–Crippen MR) is 44.5 cm³/mol. The van der Waals surface area contributed by atoms with Gasteiger partial charge in [0, 0.05) is 0 Å². The van der Waals surface area contributed by atoms with Gasteiger partial charge in [-0.2, -0.15) is 0 Å². The Balaban J connectivity index is 2.53. The van der Waals surface area contributed by atoms with E-state index in [2.05, 4.69) is 4.83 Å². The van der Waals surface area contributed by atoms with Gasteiger partial charge in [-0.3, -0.25) is 4.84 Å². The minimum absolute atomic E-state index is 0.456. The molecule has 5 nitrogen and oxygen atoms in total. The molecule has 1 aliphatic heterocycles. The van der Waals surface area contributed by atoms with E-state index >= 15 is 0 Å². The monoisotopic (exact) mass is 192 g/mol. The molecule has 0 aliphatic carbocycles. The molecule has 0 radical (unpaired) electrons. The molecule has 1 aliphatic rings. The molecule has 1 rings (SSSR count). The number of hydrogen-bond acceptors (Lipinski definition) is 4. The lowest BCUT2D eigenvalue weighted by Gasteiger charge is -2.17. The number of rotatable bonds is 4. The third-order valence-electron chi connectivity index (χ3n) is 1.13. The van der Waals surface area contributed by atoms with Gasteiger partial charge in [0.1, 0.15) is 11.0 Å². The highest BCUT2D eigenvalue weighted by molar-refractivity contribution is 7.86. The molecule has 12 heavy (non-hydrogen) atoms. The van der Waals surface area contributed by atoms with Gasteiger partial charge in [0.25, 0.3) is 0 Å². The lowest BCUT2D eigenvalue weighted by atomic mass is 10.8. The van der Waals surface area contributed by atoms with Gasteiger partial charge in [-0.25, -0.2) is 4.21 Å². The van der Waals surface area contributed by atoms with Crippen LogP contribution in [-0.4, -0.2) is 22.6 Å². The van der Waals surface area contributed by atoms with E-state index in [-0.39, 0.29) is 0 Å². The van der Waals surface area contributed by atoms with Crippen LogP contribution in [0.3, 0.4) is 0 Å². The summed E-state index contributed by atoms with van der Waals surface area (Å²) >= 11 is 0. The van der Waals surface area contributed by atoms with E-state index in [9.17, 15) is 4.21 Å². The normalized spacial score (nSPS) is 22.7. The first-order valence-electron chi connectivity index (χ1n) is 3.72. The first-order valence-corrected chi connectivity index (χ1v) is 4.93. The Bertz CT molecular complexity index is 207. The van der Waals surface area contributed by atoms with Crippen molar-refractivity contribution in [1.29, 1.82) is 0 Å². The van der Waals surface area contributed by atoms with Crippen molar-refractivity contribution in [3.05, 3.63) is 11.3 Å². The largest absolute Gasteiger partial charge is 0.477 e. The van der Waals surface area contributed by atoms with E-state index in [0.717, 1.165) is 0 Å². The zero-order valence-electron chi connectivity index (χ0n) is 7.07. The summed E-state index contributed by atoms with van der Waals surface area (Å²) < 4.78 is 16.1. The van der Waals surface area contributed by atoms with Crippen molar-refractivity contribution in [2.75, 3.05) is 13.2 Å². The molecule has 0 spiro atoms. The fourth-order valence-electron chi connectivity index (χ4n) is 0.752. The van der Waals surface area contributed by atoms with Crippen LogP contribution >= 0.6 is 0 Å². The summed E-state index contributed by atoms with van der Waals surface area (Å²) in [5, 5.41) is 2.73. The molecule has 1 heterocycles. The topological polar surface area (TPSA) is 50.8 Å². The molecule has 0 bridgehead atoms. The standard InChI is InChI=1S/C6H12N2O3S/c1-3-10-6-5-12(9)7-8(6)11-4-2/h5,7H,3-4H2,1-2H3. The van der Waals surface area contributed by atoms with Gasteiger partial charge in [0.2, 0.25) is 5.88 Å². The minimum atomic E-state index is -1.22. The van der Waals surface area contributed by atoms with Crippen molar-refractivity contribution in [2.45, 2.75) is 13.8 Å². The predicted octanol–water partition coefficient (Wildman–Crippen LogP) is 0.257. The maximum atomic E-state index is 10.9. The van der Waals surface area contributed by atoms with Crippen molar-refractivity contribution in [3.8, 4) is 0 Å². The minimum Gasteiger partial charge on any atom is -0.477 e. The van der Waals surface area contributed by atoms with Crippen LogP contribution in [0, 0.1) is 0 Å². The van der Waals surface area contributed by atoms with Crippen molar-refractivity contribution < 1.29 is 13.8 Å². The smallest absolute Gasteiger partial charge is 0.241 e. The van der Waals surface area contributed by atoms with E-state index in [1.807, 2.05) is 13.8 Å². The first-order chi connectivity index (χ1) is 5.77. The molecule has 0 saturated heterocycles. The van der Waals surface area contributed by atoms with Gasteiger partial charge in [0.05, 0.1) is 18.6 Å². The van der Waals surface area contributed by atoms with Crippen LogP contribution < -0.4 is 4.83 Å². The SMILES string of the molecule is CCOC1=CS(=O)NN1OCC. The number of nitrogens with zero attached hydrogens (tertiary/aromatic N) is 1. The Morgan fingerprint density at radius 2 is 2.33 bits per heavy atom. The molecule has 0 aromatic carbocycles. The molecular weight excluding hydrogens is 180 g/mol. The Labute approximate surface area is 73.8 Å². The molecule has 0 saturated carbocycles. The van der Waals surface area contributed by atoms with Crippen LogP contribution in [0.25, 0.3) is 0 Å². The summed E-state index contributed by atoms with van der Waals surface area (Å²) in [6, 6.07) is 0. The third kappa shape index (κ3) is 2.20. The van der Waals surface area contributed by atoms with E-state index < -0.39 is 11.0 Å². The van der Waals surface area contributed by atoms with Crippen LogP contribution in [0.15, 0.2) is 11.3 Å². The number of hydrogen-bond donors (Lipinski definition) is 1. The van der Waals surface area contributed by atoms with Gasteiger partial charge in [-0.1, -0.05) is 0 Å². The van der Waals surface area contributed by atoms with Gasteiger partial charge in [-0.05, 0) is 13.8 Å².